The zero-order chi connectivity index (χ0) is 7.82. The molecule has 0 heterocycles. The van der Waals surface area contributed by atoms with Gasteiger partial charge in [-0.3, -0.25) is 0 Å². The Morgan fingerprint density at radius 3 is 1.90 bits per heavy atom. The molecule has 3 nitrogen and oxygen atoms in total. The van der Waals surface area contributed by atoms with E-state index in [0.29, 0.717) is 0 Å². The first-order chi connectivity index (χ1) is 4.81. The average molecular weight is 158 g/mol. The predicted molar refractivity (Wildman–Crippen MR) is 38.6 cm³/mol. The minimum Gasteiger partial charge on any atom is -0.417 e. The van der Waals surface area contributed by atoms with Gasteiger partial charge in [-0.05, 0) is 0 Å². The molecule has 0 aromatic heterocycles. The fraction of sp³-hybridized carbons (Fsp3) is 0. The van der Waals surface area contributed by atoms with Gasteiger partial charge in [0.15, 0.2) is 0 Å². The molecule has 0 spiro atoms. The molecule has 0 aromatic carbocycles. The van der Waals surface area contributed by atoms with Gasteiger partial charge < -0.3 is 9.05 Å². The van der Waals surface area contributed by atoms with Crippen molar-refractivity contribution in [2.24, 2.45) is 0 Å². The van der Waals surface area contributed by atoms with E-state index in [-0.39, 0.29) is 0 Å². The Labute approximate surface area is 59.9 Å². The lowest BCUT2D eigenvalue weighted by Gasteiger charge is -1.95. The van der Waals surface area contributed by atoms with Crippen molar-refractivity contribution in [3.05, 3.63) is 37.1 Å². The number of hydrogen-bond acceptors (Lipinski definition) is 3. The van der Waals surface area contributed by atoms with E-state index in [4.69, 9.17) is 0 Å². The van der Waals surface area contributed by atoms with Crippen LogP contribution < -0.4 is 0 Å². The van der Waals surface area contributed by atoms with Crippen LogP contribution in [0.15, 0.2) is 37.1 Å². The maximum atomic E-state index is 10.5. The monoisotopic (exact) mass is 158 g/mol. The van der Waals surface area contributed by atoms with Gasteiger partial charge in [-0.15, -0.1) is 0 Å². The van der Waals surface area contributed by atoms with Crippen molar-refractivity contribution in [2.45, 2.75) is 0 Å². The second-order valence-corrected chi connectivity index (χ2v) is 2.10. The molecule has 0 unspecified atom stereocenters. The second-order valence-electron chi connectivity index (χ2n) is 1.13. The van der Waals surface area contributed by atoms with Crippen molar-refractivity contribution < 1.29 is 13.6 Å². The van der Waals surface area contributed by atoms with Crippen LogP contribution in [0.1, 0.15) is 0 Å². The predicted octanol–water partition coefficient (Wildman–Crippen LogP) is 2.01. The van der Waals surface area contributed by atoms with Crippen LogP contribution in [0.2, 0.25) is 0 Å². The van der Waals surface area contributed by atoms with E-state index in [0.717, 1.165) is 12.5 Å². The molecule has 54 valence electrons. The Hall–Kier alpha value is -1.13. The molecule has 4 heteroatoms. The van der Waals surface area contributed by atoms with Crippen LogP contribution in [0.5, 0.6) is 0 Å². The highest BCUT2D eigenvalue weighted by Gasteiger charge is 1.89. The highest BCUT2D eigenvalue weighted by molar-refractivity contribution is 7.33. The van der Waals surface area contributed by atoms with Crippen LogP contribution in [-0.2, 0) is 13.6 Å². The quantitative estimate of drug-likeness (QED) is 0.356. The van der Waals surface area contributed by atoms with Crippen molar-refractivity contribution >= 4 is 8.25 Å². The standard InChI is InChI=1S/C6H7O3P/c1-3-5-8-10(7)9-6-4-2/h5-6,10H,1-2H2. The molecular weight excluding hydrogens is 151 g/mol. The molecule has 0 saturated carbocycles. The van der Waals surface area contributed by atoms with Crippen LogP contribution in [0.3, 0.4) is 0 Å². The fourth-order valence-electron chi connectivity index (χ4n) is 0.207. The summed E-state index contributed by atoms with van der Waals surface area (Å²) in [5.74, 6) is 0. The van der Waals surface area contributed by atoms with E-state index in [1.54, 1.807) is 0 Å². The Bertz CT molecular complexity index is 187. The van der Waals surface area contributed by atoms with Gasteiger partial charge in [0.05, 0.1) is 0 Å². The third-order valence-electron chi connectivity index (χ3n) is 0.477. The molecule has 0 saturated heterocycles. The third-order valence-corrected chi connectivity index (χ3v) is 1.10. The van der Waals surface area contributed by atoms with E-state index in [2.05, 4.69) is 33.7 Å². The Morgan fingerprint density at radius 2 is 1.60 bits per heavy atom. The lowest BCUT2D eigenvalue weighted by Crippen LogP contribution is -1.65. The Kier molecular flexibility index (Phi) is 5.32. The minimum atomic E-state index is -2.48. The first-order valence-corrected chi connectivity index (χ1v) is 3.59. The van der Waals surface area contributed by atoms with Gasteiger partial charge in [0, 0.05) is 0 Å². The van der Waals surface area contributed by atoms with E-state index >= 15 is 0 Å². The minimum absolute atomic E-state index is 1.07. The first-order valence-electron chi connectivity index (χ1n) is 2.37. The average Bonchev–Trinajstić information content (AvgIpc) is 1.97. The fourth-order valence-corrected chi connectivity index (χ4v) is 0.622. The molecule has 0 atom stereocenters. The van der Waals surface area contributed by atoms with E-state index in [1.807, 2.05) is 0 Å². The zero-order valence-electron chi connectivity index (χ0n) is 5.29. The largest absolute Gasteiger partial charge is 0.419 e. The molecule has 0 rings (SSSR count). The smallest absolute Gasteiger partial charge is 0.417 e. The van der Waals surface area contributed by atoms with Gasteiger partial charge in [-0.2, -0.15) is 0 Å². The second kappa shape index (κ2) is 6.00. The Morgan fingerprint density at radius 1 is 1.20 bits per heavy atom. The molecule has 0 bridgehead atoms. The maximum Gasteiger partial charge on any atom is 0.419 e. The summed E-state index contributed by atoms with van der Waals surface area (Å²) in [5, 5.41) is 0. The van der Waals surface area contributed by atoms with E-state index in [9.17, 15) is 4.57 Å². The summed E-state index contributed by atoms with van der Waals surface area (Å²) in [6.45, 7) is 6.38. The zero-order valence-corrected chi connectivity index (χ0v) is 6.29. The molecule has 0 aromatic rings. The third kappa shape index (κ3) is 5.02. The topological polar surface area (TPSA) is 35.5 Å². The van der Waals surface area contributed by atoms with Gasteiger partial charge in [-0.1, -0.05) is 24.6 Å². The molecular formula is C6H7O3P. The molecule has 0 aliphatic heterocycles. The van der Waals surface area contributed by atoms with Crippen LogP contribution in [0.25, 0.3) is 0 Å². The molecule has 0 amide bonds. The molecule has 0 aliphatic carbocycles. The summed E-state index contributed by atoms with van der Waals surface area (Å²) in [5.41, 5.74) is 4.55. The van der Waals surface area contributed by atoms with Crippen molar-refractivity contribution in [1.82, 2.24) is 0 Å². The Balaban J connectivity index is 3.63. The summed E-state index contributed by atoms with van der Waals surface area (Å²) in [6, 6.07) is 0. The molecule has 10 heavy (non-hydrogen) atoms. The van der Waals surface area contributed by atoms with Gasteiger partial charge in [0.1, 0.15) is 12.5 Å². The lowest BCUT2D eigenvalue weighted by molar-refractivity contribution is 0.356. The van der Waals surface area contributed by atoms with E-state index in [1.165, 1.54) is 0 Å². The van der Waals surface area contributed by atoms with Crippen LogP contribution in [0.4, 0.5) is 0 Å². The van der Waals surface area contributed by atoms with Crippen molar-refractivity contribution in [2.75, 3.05) is 0 Å². The van der Waals surface area contributed by atoms with Gasteiger partial charge in [0.25, 0.3) is 0 Å². The highest BCUT2D eigenvalue weighted by Crippen LogP contribution is 2.23. The molecule has 0 radical (unpaired) electrons. The SMILES string of the molecule is C=C=CO[PH](=O)OC=C=C. The molecule has 0 aliphatic rings. The number of rotatable bonds is 4. The van der Waals surface area contributed by atoms with Crippen LogP contribution in [0, 0.1) is 0 Å². The highest BCUT2D eigenvalue weighted by atomic mass is 31.1. The van der Waals surface area contributed by atoms with E-state index < -0.39 is 8.25 Å². The van der Waals surface area contributed by atoms with Crippen LogP contribution in [-0.4, -0.2) is 0 Å². The van der Waals surface area contributed by atoms with Crippen LogP contribution >= 0.6 is 8.25 Å². The van der Waals surface area contributed by atoms with Crippen molar-refractivity contribution in [3.63, 3.8) is 0 Å². The molecule has 0 fully saturated rings. The molecule has 0 N–H and O–H groups in total. The summed E-state index contributed by atoms with van der Waals surface area (Å²) >= 11 is 0. The normalized spacial score (nSPS) is 10.0. The maximum absolute atomic E-state index is 10.5. The number of hydrogen-bond donors (Lipinski definition) is 0. The summed E-state index contributed by atoms with van der Waals surface area (Å²) in [6.07, 6.45) is 2.14. The lowest BCUT2D eigenvalue weighted by atomic mass is 11.0. The van der Waals surface area contributed by atoms with Gasteiger partial charge in [-0.25, -0.2) is 4.57 Å². The van der Waals surface area contributed by atoms with Crippen molar-refractivity contribution in [1.29, 1.82) is 0 Å². The summed E-state index contributed by atoms with van der Waals surface area (Å²) in [4.78, 5) is 0. The summed E-state index contributed by atoms with van der Waals surface area (Å²) < 4.78 is 19.3. The summed E-state index contributed by atoms with van der Waals surface area (Å²) in [7, 11) is -2.48. The van der Waals surface area contributed by atoms with Crippen molar-refractivity contribution in [3.8, 4) is 0 Å². The first kappa shape index (κ1) is 8.87. The van der Waals surface area contributed by atoms with Gasteiger partial charge >= 0.3 is 8.25 Å². The van der Waals surface area contributed by atoms with Gasteiger partial charge in [0.2, 0.25) is 0 Å².